The fraction of sp³-hybridized carbons (Fsp3) is 0.611. The van der Waals surface area contributed by atoms with E-state index < -0.39 is 5.60 Å². The summed E-state index contributed by atoms with van der Waals surface area (Å²) in [5.41, 5.74) is 2.14. The van der Waals surface area contributed by atoms with E-state index in [1.165, 1.54) is 24.0 Å². The van der Waals surface area contributed by atoms with Crippen molar-refractivity contribution in [1.82, 2.24) is 10.6 Å². The van der Waals surface area contributed by atoms with Crippen LogP contribution in [-0.2, 0) is 11.3 Å². The fourth-order valence-corrected chi connectivity index (χ4v) is 2.46. The van der Waals surface area contributed by atoms with Gasteiger partial charge in [-0.15, -0.1) is 0 Å². The zero-order valence-corrected chi connectivity index (χ0v) is 14.1. The standard InChI is InChI=1S/C18H28N2O2/c1-13-7-5-6-8-15(13)11-19-12-16(14-9-10-14)20-17(21)22-18(2,3)4/h5-8,14,16,19H,9-12H2,1-4H3,(H,20,21). The lowest BCUT2D eigenvalue weighted by molar-refractivity contribution is 0.0497. The van der Waals surface area contributed by atoms with Gasteiger partial charge in [-0.1, -0.05) is 24.3 Å². The van der Waals surface area contributed by atoms with E-state index in [0.717, 1.165) is 13.1 Å². The Labute approximate surface area is 133 Å². The first-order chi connectivity index (χ1) is 10.3. The van der Waals surface area contributed by atoms with Crippen molar-refractivity contribution >= 4 is 6.09 Å². The van der Waals surface area contributed by atoms with Crippen molar-refractivity contribution < 1.29 is 9.53 Å². The number of hydrogen-bond donors (Lipinski definition) is 2. The van der Waals surface area contributed by atoms with Gasteiger partial charge in [-0.25, -0.2) is 4.79 Å². The molecule has 0 saturated heterocycles. The van der Waals surface area contributed by atoms with Gasteiger partial charge in [-0.2, -0.15) is 0 Å². The lowest BCUT2D eigenvalue weighted by Gasteiger charge is -2.24. The average molecular weight is 304 g/mol. The molecule has 1 saturated carbocycles. The summed E-state index contributed by atoms with van der Waals surface area (Å²) in [6, 6.07) is 8.51. The third kappa shape index (κ3) is 5.68. The van der Waals surface area contributed by atoms with Crippen molar-refractivity contribution in [1.29, 1.82) is 0 Å². The van der Waals surface area contributed by atoms with Crippen LogP contribution in [0.5, 0.6) is 0 Å². The Morgan fingerprint density at radius 3 is 2.59 bits per heavy atom. The minimum absolute atomic E-state index is 0.152. The summed E-state index contributed by atoms with van der Waals surface area (Å²) in [4.78, 5) is 11.9. The van der Waals surface area contributed by atoms with Gasteiger partial charge in [0.1, 0.15) is 5.60 Å². The van der Waals surface area contributed by atoms with Crippen LogP contribution in [0, 0.1) is 12.8 Å². The Hall–Kier alpha value is -1.55. The van der Waals surface area contributed by atoms with E-state index in [9.17, 15) is 4.79 Å². The SMILES string of the molecule is Cc1ccccc1CNCC(NC(=O)OC(C)(C)C)C1CC1. The molecule has 4 heteroatoms. The van der Waals surface area contributed by atoms with E-state index in [0.29, 0.717) is 5.92 Å². The Morgan fingerprint density at radius 1 is 1.32 bits per heavy atom. The summed E-state index contributed by atoms with van der Waals surface area (Å²) in [6.45, 7) is 9.37. The molecule has 0 heterocycles. The molecule has 1 aliphatic carbocycles. The molecule has 0 radical (unpaired) electrons. The number of alkyl carbamates (subject to hydrolysis) is 1. The van der Waals surface area contributed by atoms with Crippen LogP contribution in [0.15, 0.2) is 24.3 Å². The molecule has 1 unspecified atom stereocenters. The van der Waals surface area contributed by atoms with Crippen molar-refractivity contribution in [2.75, 3.05) is 6.54 Å². The molecule has 0 spiro atoms. The van der Waals surface area contributed by atoms with Crippen LogP contribution in [-0.4, -0.2) is 24.3 Å². The molecule has 22 heavy (non-hydrogen) atoms. The molecule has 4 nitrogen and oxygen atoms in total. The highest BCUT2D eigenvalue weighted by molar-refractivity contribution is 5.68. The summed E-state index contributed by atoms with van der Waals surface area (Å²) < 4.78 is 5.35. The maximum Gasteiger partial charge on any atom is 0.407 e. The fourth-order valence-electron chi connectivity index (χ4n) is 2.46. The minimum atomic E-state index is -0.452. The zero-order chi connectivity index (χ0) is 16.2. The molecule has 1 aromatic rings. The Kier molecular flexibility index (Phi) is 5.46. The number of hydrogen-bond acceptors (Lipinski definition) is 3. The molecule has 1 atom stereocenters. The molecule has 122 valence electrons. The molecule has 0 bridgehead atoms. The van der Waals surface area contributed by atoms with Gasteiger partial charge in [0, 0.05) is 19.1 Å². The zero-order valence-electron chi connectivity index (χ0n) is 14.1. The number of amides is 1. The summed E-state index contributed by atoms with van der Waals surface area (Å²) in [5.74, 6) is 0.580. The minimum Gasteiger partial charge on any atom is -0.444 e. The number of carbonyl (C=O) groups excluding carboxylic acids is 1. The second-order valence-electron chi connectivity index (χ2n) is 7.15. The molecule has 1 amide bonds. The van der Waals surface area contributed by atoms with E-state index in [-0.39, 0.29) is 12.1 Å². The van der Waals surface area contributed by atoms with Gasteiger partial charge in [0.25, 0.3) is 0 Å². The van der Waals surface area contributed by atoms with Crippen LogP contribution in [0.3, 0.4) is 0 Å². The molecule has 2 rings (SSSR count). The van der Waals surface area contributed by atoms with Gasteiger partial charge in [0.2, 0.25) is 0 Å². The van der Waals surface area contributed by atoms with Crippen molar-refractivity contribution in [2.24, 2.45) is 5.92 Å². The highest BCUT2D eigenvalue weighted by Gasteiger charge is 2.33. The quantitative estimate of drug-likeness (QED) is 0.847. The predicted molar refractivity (Wildman–Crippen MR) is 88.8 cm³/mol. The molecule has 2 N–H and O–H groups in total. The van der Waals surface area contributed by atoms with Crippen LogP contribution in [0.4, 0.5) is 4.79 Å². The summed E-state index contributed by atoms with van der Waals surface area (Å²) in [5, 5.41) is 6.47. The summed E-state index contributed by atoms with van der Waals surface area (Å²) in [6.07, 6.45) is 2.06. The molecule has 0 aliphatic heterocycles. The molecule has 1 fully saturated rings. The van der Waals surface area contributed by atoms with E-state index in [1.807, 2.05) is 20.8 Å². The normalized spacial score (nSPS) is 16.2. The van der Waals surface area contributed by atoms with Crippen molar-refractivity contribution in [2.45, 2.75) is 58.7 Å². The van der Waals surface area contributed by atoms with E-state index in [1.54, 1.807) is 0 Å². The first-order valence-corrected chi connectivity index (χ1v) is 8.10. The smallest absolute Gasteiger partial charge is 0.407 e. The number of carbonyl (C=O) groups is 1. The predicted octanol–water partition coefficient (Wildman–Crippen LogP) is 3.39. The highest BCUT2D eigenvalue weighted by Crippen LogP contribution is 2.32. The maximum atomic E-state index is 11.9. The third-order valence-corrected chi connectivity index (χ3v) is 3.83. The maximum absolute atomic E-state index is 11.9. The lowest BCUT2D eigenvalue weighted by atomic mass is 10.1. The van der Waals surface area contributed by atoms with Crippen LogP contribution in [0.2, 0.25) is 0 Å². The number of benzene rings is 1. The number of nitrogens with one attached hydrogen (secondary N) is 2. The van der Waals surface area contributed by atoms with Crippen LogP contribution in [0.1, 0.15) is 44.7 Å². The Morgan fingerprint density at radius 2 is 2.00 bits per heavy atom. The van der Waals surface area contributed by atoms with Gasteiger partial charge < -0.3 is 15.4 Å². The summed E-state index contributed by atoms with van der Waals surface area (Å²) >= 11 is 0. The van der Waals surface area contributed by atoms with Gasteiger partial charge in [0.05, 0.1) is 0 Å². The van der Waals surface area contributed by atoms with E-state index >= 15 is 0 Å². The molecular formula is C18H28N2O2. The third-order valence-electron chi connectivity index (χ3n) is 3.83. The van der Waals surface area contributed by atoms with E-state index in [4.69, 9.17) is 4.74 Å². The van der Waals surface area contributed by atoms with Crippen LogP contribution >= 0.6 is 0 Å². The summed E-state index contributed by atoms with van der Waals surface area (Å²) in [7, 11) is 0. The number of ether oxygens (including phenoxy) is 1. The topological polar surface area (TPSA) is 50.4 Å². The van der Waals surface area contributed by atoms with Crippen molar-refractivity contribution in [3.63, 3.8) is 0 Å². The van der Waals surface area contributed by atoms with Gasteiger partial charge in [0.15, 0.2) is 0 Å². The molecule has 1 aliphatic rings. The largest absolute Gasteiger partial charge is 0.444 e. The van der Waals surface area contributed by atoms with Gasteiger partial charge >= 0.3 is 6.09 Å². The number of rotatable bonds is 6. The molecule has 0 aromatic heterocycles. The number of aryl methyl sites for hydroxylation is 1. The Bertz CT molecular complexity index is 504. The first kappa shape index (κ1) is 16.8. The second-order valence-corrected chi connectivity index (χ2v) is 7.15. The highest BCUT2D eigenvalue weighted by atomic mass is 16.6. The average Bonchev–Trinajstić information content (AvgIpc) is 3.22. The molecule has 1 aromatic carbocycles. The monoisotopic (exact) mass is 304 g/mol. The van der Waals surface area contributed by atoms with Crippen molar-refractivity contribution in [3.05, 3.63) is 35.4 Å². The first-order valence-electron chi connectivity index (χ1n) is 8.10. The Balaban J connectivity index is 1.80. The molecular weight excluding hydrogens is 276 g/mol. The second kappa shape index (κ2) is 7.14. The van der Waals surface area contributed by atoms with Crippen LogP contribution < -0.4 is 10.6 Å². The van der Waals surface area contributed by atoms with Crippen molar-refractivity contribution in [3.8, 4) is 0 Å². The van der Waals surface area contributed by atoms with E-state index in [2.05, 4.69) is 41.8 Å². The van der Waals surface area contributed by atoms with Gasteiger partial charge in [-0.05, 0) is 57.6 Å². The lowest BCUT2D eigenvalue weighted by Crippen LogP contribution is -2.45. The van der Waals surface area contributed by atoms with Crippen LogP contribution in [0.25, 0.3) is 0 Å². The van der Waals surface area contributed by atoms with Gasteiger partial charge in [-0.3, -0.25) is 0 Å².